The van der Waals surface area contributed by atoms with Gasteiger partial charge in [-0.2, -0.15) is 4.31 Å². The lowest BCUT2D eigenvalue weighted by Crippen LogP contribution is -2.45. The average Bonchev–Trinajstić information content (AvgIpc) is 3.40. The Hall–Kier alpha value is -3.43. The molecule has 9 heteroatoms. The smallest absolute Gasteiger partial charge is 0.287 e. The zero-order chi connectivity index (χ0) is 24.0. The van der Waals surface area contributed by atoms with Gasteiger partial charge in [0.2, 0.25) is 15.9 Å². The lowest BCUT2D eigenvalue weighted by molar-refractivity contribution is -0.118. The minimum atomic E-state index is -3.55. The predicted octanol–water partition coefficient (Wildman–Crippen LogP) is 3.43. The number of carbonyl (C=O) groups excluding carboxylic acids is 2. The second kappa shape index (κ2) is 10.7. The van der Waals surface area contributed by atoms with E-state index < -0.39 is 27.9 Å². The lowest BCUT2D eigenvalue weighted by atomic mass is 10.0. The molecule has 2 aromatic carbocycles. The van der Waals surface area contributed by atoms with Crippen molar-refractivity contribution in [2.75, 3.05) is 18.4 Å². The molecule has 1 fully saturated rings. The normalized spacial score (nSPS) is 15.4. The summed E-state index contributed by atoms with van der Waals surface area (Å²) in [5.41, 5.74) is 1.32. The third kappa shape index (κ3) is 5.73. The zero-order valence-electron chi connectivity index (χ0n) is 18.6. The highest BCUT2D eigenvalue weighted by molar-refractivity contribution is 7.89. The Morgan fingerprint density at radius 1 is 0.912 bits per heavy atom. The van der Waals surface area contributed by atoms with E-state index in [0.29, 0.717) is 18.8 Å². The van der Waals surface area contributed by atoms with Crippen molar-refractivity contribution >= 4 is 27.5 Å². The fraction of sp³-hybridized carbons (Fsp3) is 0.280. The van der Waals surface area contributed by atoms with Gasteiger partial charge in [0, 0.05) is 25.2 Å². The maximum Gasteiger partial charge on any atom is 0.287 e. The van der Waals surface area contributed by atoms with Gasteiger partial charge in [0.15, 0.2) is 5.76 Å². The molecular weight excluding hydrogens is 454 g/mol. The van der Waals surface area contributed by atoms with Crippen molar-refractivity contribution in [2.24, 2.45) is 0 Å². The van der Waals surface area contributed by atoms with Crippen LogP contribution in [0, 0.1) is 0 Å². The van der Waals surface area contributed by atoms with Crippen molar-refractivity contribution in [3.8, 4) is 0 Å². The molecule has 2 N–H and O–H groups in total. The van der Waals surface area contributed by atoms with E-state index in [4.69, 9.17) is 4.42 Å². The van der Waals surface area contributed by atoms with Crippen LogP contribution in [0.3, 0.4) is 0 Å². The van der Waals surface area contributed by atoms with Gasteiger partial charge >= 0.3 is 0 Å². The number of nitrogens with zero attached hydrogens (tertiary/aromatic N) is 1. The topological polar surface area (TPSA) is 109 Å². The molecular formula is C25H27N3O5S. The summed E-state index contributed by atoms with van der Waals surface area (Å²) in [6, 6.07) is 17.7. The highest BCUT2D eigenvalue weighted by Gasteiger charge is 2.26. The summed E-state index contributed by atoms with van der Waals surface area (Å²) >= 11 is 0. The van der Waals surface area contributed by atoms with E-state index in [2.05, 4.69) is 10.6 Å². The number of nitrogens with one attached hydrogen (secondary N) is 2. The Bertz CT molecular complexity index is 1200. The molecule has 1 atom stereocenters. The summed E-state index contributed by atoms with van der Waals surface area (Å²) in [4.78, 5) is 25.8. The van der Waals surface area contributed by atoms with Crippen molar-refractivity contribution < 1.29 is 22.4 Å². The molecule has 1 aliphatic rings. The number of hydrogen-bond donors (Lipinski definition) is 2. The SMILES string of the molecule is O=C(NC(Cc1ccccc1)C(=O)Nc1ccc(S(=O)(=O)N2CCCCC2)cc1)c1ccco1. The second-order valence-electron chi connectivity index (χ2n) is 8.17. The largest absolute Gasteiger partial charge is 0.459 e. The number of sulfonamides is 1. The van der Waals surface area contributed by atoms with Gasteiger partial charge < -0.3 is 15.1 Å². The first-order chi connectivity index (χ1) is 16.4. The quantitative estimate of drug-likeness (QED) is 0.512. The Kier molecular flexibility index (Phi) is 7.44. The van der Waals surface area contributed by atoms with E-state index in [9.17, 15) is 18.0 Å². The molecule has 1 aromatic heterocycles. The summed E-state index contributed by atoms with van der Waals surface area (Å²) in [7, 11) is -3.55. The highest BCUT2D eigenvalue weighted by atomic mass is 32.2. The summed E-state index contributed by atoms with van der Waals surface area (Å²) in [5, 5.41) is 5.50. The van der Waals surface area contributed by atoms with Crippen molar-refractivity contribution in [3.63, 3.8) is 0 Å². The average molecular weight is 482 g/mol. The first kappa shape index (κ1) is 23.7. The molecule has 1 saturated heterocycles. The molecule has 4 rings (SSSR count). The van der Waals surface area contributed by atoms with Crippen LogP contribution in [0.15, 0.2) is 82.3 Å². The minimum absolute atomic E-state index is 0.109. The van der Waals surface area contributed by atoms with Gasteiger partial charge in [-0.05, 0) is 54.8 Å². The Morgan fingerprint density at radius 2 is 1.62 bits per heavy atom. The minimum Gasteiger partial charge on any atom is -0.459 e. The summed E-state index contributed by atoms with van der Waals surface area (Å²) < 4.78 is 32.3. The first-order valence-corrected chi connectivity index (χ1v) is 12.7. The summed E-state index contributed by atoms with van der Waals surface area (Å²) in [6.07, 6.45) is 4.43. The van der Waals surface area contributed by atoms with Crippen LogP contribution < -0.4 is 10.6 Å². The van der Waals surface area contributed by atoms with Crippen LogP contribution in [0.4, 0.5) is 5.69 Å². The van der Waals surface area contributed by atoms with Crippen molar-refractivity contribution in [3.05, 3.63) is 84.3 Å². The standard InChI is InChI=1S/C25H27N3O5S/c29-24(22(18-19-8-3-1-4-9-19)27-25(30)23-10-7-17-33-23)26-20-11-13-21(14-12-20)34(31,32)28-15-5-2-6-16-28/h1,3-4,7-14,17,22H,2,5-6,15-16,18H2,(H,26,29)(H,27,30). The monoisotopic (exact) mass is 481 g/mol. The first-order valence-electron chi connectivity index (χ1n) is 11.2. The van der Waals surface area contributed by atoms with E-state index in [1.54, 1.807) is 18.2 Å². The van der Waals surface area contributed by atoms with Crippen molar-refractivity contribution in [1.82, 2.24) is 9.62 Å². The molecule has 0 bridgehead atoms. The molecule has 8 nitrogen and oxygen atoms in total. The number of amides is 2. The lowest BCUT2D eigenvalue weighted by Gasteiger charge is -2.26. The number of carbonyl (C=O) groups is 2. The van der Waals surface area contributed by atoms with Crippen molar-refractivity contribution in [2.45, 2.75) is 36.6 Å². The van der Waals surface area contributed by atoms with Gasteiger partial charge in [-0.1, -0.05) is 36.8 Å². The highest BCUT2D eigenvalue weighted by Crippen LogP contribution is 2.22. The van der Waals surface area contributed by atoms with Gasteiger partial charge in [-0.15, -0.1) is 0 Å². The maximum atomic E-state index is 13.1. The maximum absolute atomic E-state index is 13.1. The molecule has 0 spiro atoms. The number of benzene rings is 2. The van der Waals surface area contributed by atoms with E-state index in [0.717, 1.165) is 24.8 Å². The molecule has 3 aromatic rings. The van der Waals surface area contributed by atoms with Crippen LogP contribution in [-0.2, 0) is 21.2 Å². The van der Waals surface area contributed by atoms with Gasteiger partial charge in [0.1, 0.15) is 6.04 Å². The fourth-order valence-electron chi connectivity index (χ4n) is 3.89. The molecule has 0 saturated carbocycles. The van der Waals surface area contributed by atoms with E-state index in [1.165, 1.54) is 28.8 Å². The molecule has 1 aliphatic heterocycles. The number of hydrogen-bond acceptors (Lipinski definition) is 5. The Morgan fingerprint density at radius 3 is 2.26 bits per heavy atom. The van der Waals surface area contributed by atoms with Gasteiger partial charge in [0.25, 0.3) is 5.91 Å². The number of furan rings is 1. The zero-order valence-corrected chi connectivity index (χ0v) is 19.5. The molecule has 2 heterocycles. The van der Waals surface area contributed by atoms with Crippen LogP contribution >= 0.6 is 0 Å². The van der Waals surface area contributed by atoms with Crippen LogP contribution in [0.5, 0.6) is 0 Å². The molecule has 34 heavy (non-hydrogen) atoms. The van der Waals surface area contributed by atoms with Crippen LogP contribution in [0.2, 0.25) is 0 Å². The molecule has 0 aliphatic carbocycles. The Labute approximate surface area is 199 Å². The van der Waals surface area contributed by atoms with E-state index >= 15 is 0 Å². The van der Waals surface area contributed by atoms with E-state index in [1.807, 2.05) is 30.3 Å². The second-order valence-corrected chi connectivity index (χ2v) is 10.1. The Balaban J connectivity index is 1.47. The van der Waals surface area contributed by atoms with Gasteiger partial charge in [0.05, 0.1) is 11.2 Å². The predicted molar refractivity (Wildman–Crippen MR) is 128 cm³/mol. The molecule has 178 valence electrons. The third-order valence-electron chi connectivity index (χ3n) is 5.72. The van der Waals surface area contributed by atoms with Gasteiger partial charge in [-0.3, -0.25) is 9.59 Å². The van der Waals surface area contributed by atoms with Crippen LogP contribution in [0.1, 0.15) is 35.4 Å². The molecule has 1 unspecified atom stereocenters. The van der Waals surface area contributed by atoms with E-state index in [-0.39, 0.29) is 17.1 Å². The fourth-order valence-corrected chi connectivity index (χ4v) is 5.41. The summed E-state index contributed by atoms with van der Waals surface area (Å²) in [5.74, 6) is -0.808. The number of rotatable bonds is 8. The van der Waals surface area contributed by atoms with Crippen LogP contribution in [0.25, 0.3) is 0 Å². The number of anilines is 1. The molecule has 0 radical (unpaired) electrons. The molecule has 2 amide bonds. The van der Waals surface area contributed by atoms with Gasteiger partial charge in [-0.25, -0.2) is 8.42 Å². The van der Waals surface area contributed by atoms with Crippen LogP contribution in [-0.4, -0.2) is 43.7 Å². The summed E-state index contributed by atoms with van der Waals surface area (Å²) in [6.45, 7) is 1.05. The number of piperidine rings is 1. The van der Waals surface area contributed by atoms with Crippen molar-refractivity contribution in [1.29, 1.82) is 0 Å². The third-order valence-corrected chi connectivity index (χ3v) is 7.64.